The lowest BCUT2D eigenvalue weighted by Gasteiger charge is -2.02. The van der Waals surface area contributed by atoms with E-state index in [1.807, 2.05) is 34.9 Å². The summed E-state index contributed by atoms with van der Waals surface area (Å²) in [6.45, 7) is 2.05. The standard InChI is InChI=1S/C14H11BrN2O/c1-9-4-6-10(7-5-9)14-16-13(15)12-11(18)3-2-8-17(12)14/h2-8,18H,1H3. The van der Waals surface area contributed by atoms with E-state index in [0.717, 1.165) is 11.4 Å². The molecule has 0 amide bonds. The van der Waals surface area contributed by atoms with Crippen LogP contribution in [0.3, 0.4) is 0 Å². The molecular formula is C14H11BrN2O. The van der Waals surface area contributed by atoms with Gasteiger partial charge < -0.3 is 5.11 Å². The molecule has 3 nitrogen and oxygen atoms in total. The SMILES string of the molecule is Cc1ccc(-c2nc(Br)c3c(O)cccn23)cc1. The molecule has 0 bridgehead atoms. The summed E-state index contributed by atoms with van der Waals surface area (Å²) >= 11 is 3.39. The first-order valence-corrected chi connectivity index (χ1v) is 6.38. The van der Waals surface area contributed by atoms with Crippen LogP contribution in [0, 0.1) is 6.92 Å². The van der Waals surface area contributed by atoms with Gasteiger partial charge in [-0.15, -0.1) is 0 Å². The highest BCUT2D eigenvalue weighted by molar-refractivity contribution is 9.10. The maximum atomic E-state index is 9.87. The maximum Gasteiger partial charge on any atom is 0.146 e. The zero-order chi connectivity index (χ0) is 12.7. The van der Waals surface area contributed by atoms with E-state index in [1.54, 1.807) is 12.1 Å². The summed E-state index contributed by atoms with van der Waals surface area (Å²) in [6.07, 6.45) is 1.89. The molecule has 0 radical (unpaired) electrons. The number of pyridine rings is 1. The van der Waals surface area contributed by atoms with Crippen molar-refractivity contribution in [2.75, 3.05) is 0 Å². The molecular weight excluding hydrogens is 292 g/mol. The Balaban J connectivity index is 2.30. The van der Waals surface area contributed by atoms with Crippen molar-refractivity contribution in [1.29, 1.82) is 0 Å². The Morgan fingerprint density at radius 2 is 1.89 bits per heavy atom. The van der Waals surface area contributed by atoms with Gasteiger partial charge in [-0.05, 0) is 35.0 Å². The van der Waals surface area contributed by atoms with Crippen LogP contribution in [0.15, 0.2) is 47.2 Å². The van der Waals surface area contributed by atoms with E-state index < -0.39 is 0 Å². The number of halogens is 1. The van der Waals surface area contributed by atoms with Crippen LogP contribution in [0.1, 0.15) is 5.56 Å². The van der Waals surface area contributed by atoms with Gasteiger partial charge in [0.15, 0.2) is 0 Å². The van der Waals surface area contributed by atoms with Crippen LogP contribution < -0.4 is 0 Å². The number of benzene rings is 1. The van der Waals surface area contributed by atoms with Gasteiger partial charge in [-0.3, -0.25) is 4.40 Å². The van der Waals surface area contributed by atoms with Gasteiger partial charge in [0.25, 0.3) is 0 Å². The third-order valence-corrected chi connectivity index (χ3v) is 3.46. The molecule has 0 fully saturated rings. The Morgan fingerprint density at radius 1 is 1.17 bits per heavy atom. The van der Waals surface area contributed by atoms with Crippen LogP contribution >= 0.6 is 15.9 Å². The van der Waals surface area contributed by atoms with Crippen LogP contribution in [0.25, 0.3) is 16.9 Å². The molecule has 0 aliphatic carbocycles. The van der Waals surface area contributed by atoms with Crippen LogP contribution in [0.2, 0.25) is 0 Å². The topological polar surface area (TPSA) is 37.5 Å². The highest BCUT2D eigenvalue weighted by Gasteiger charge is 2.13. The summed E-state index contributed by atoms with van der Waals surface area (Å²) in [5, 5.41) is 9.87. The number of hydrogen-bond acceptors (Lipinski definition) is 2. The number of rotatable bonds is 1. The fraction of sp³-hybridized carbons (Fsp3) is 0.0714. The molecule has 0 saturated carbocycles. The van der Waals surface area contributed by atoms with Gasteiger partial charge in [-0.1, -0.05) is 29.8 Å². The van der Waals surface area contributed by atoms with Gasteiger partial charge >= 0.3 is 0 Å². The second-order valence-electron chi connectivity index (χ2n) is 4.20. The lowest BCUT2D eigenvalue weighted by Crippen LogP contribution is -1.88. The minimum Gasteiger partial charge on any atom is -0.506 e. The predicted octanol–water partition coefficient (Wildman–Crippen LogP) is 3.78. The highest BCUT2D eigenvalue weighted by atomic mass is 79.9. The number of nitrogens with zero attached hydrogens (tertiary/aromatic N) is 2. The zero-order valence-corrected chi connectivity index (χ0v) is 11.3. The maximum absolute atomic E-state index is 9.87. The molecule has 0 saturated heterocycles. The summed E-state index contributed by atoms with van der Waals surface area (Å²) in [5.41, 5.74) is 2.92. The van der Waals surface area contributed by atoms with Crippen molar-refractivity contribution in [2.24, 2.45) is 0 Å². The lowest BCUT2D eigenvalue weighted by atomic mass is 10.1. The Hall–Kier alpha value is -1.81. The van der Waals surface area contributed by atoms with Gasteiger partial charge in [0, 0.05) is 11.8 Å². The van der Waals surface area contributed by atoms with Crippen molar-refractivity contribution < 1.29 is 5.11 Å². The first-order chi connectivity index (χ1) is 8.66. The molecule has 2 heterocycles. The molecule has 2 aromatic heterocycles. The van der Waals surface area contributed by atoms with Crippen molar-refractivity contribution in [2.45, 2.75) is 6.92 Å². The van der Waals surface area contributed by atoms with E-state index in [-0.39, 0.29) is 5.75 Å². The minimum atomic E-state index is 0.218. The Kier molecular flexibility index (Phi) is 2.59. The molecule has 4 heteroatoms. The van der Waals surface area contributed by atoms with Gasteiger partial charge in [-0.2, -0.15) is 0 Å². The van der Waals surface area contributed by atoms with Gasteiger partial charge in [0.1, 0.15) is 21.7 Å². The average Bonchev–Trinajstić information content (AvgIpc) is 2.69. The molecule has 3 rings (SSSR count). The minimum absolute atomic E-state index is 0.218. The quantitative estimate of drug-likeness (QED) is 0.743. The Morgan fingerprint density at radius 3 is 2.61 bits per heavy atom. The van der Waals surface area contributed by atoms with Crippen molar-refractivity contribution in [3.8, 4) is 17.1 Å². The fourth-order valence-electron chi connectivity index (χ4n) is 1.98. The van der Waals surface area contributed by atoms with Crippen LogP contribution in [-0.4, -0.2) is 14.5 Å². The van der Waals surface area contributed by atoms with E-state index >= 15 is 0 Å². The smallest absolute Gasteiger partial charge is 0.146 e. The number of hydrogen-bond donors (Lipinski definition) is 1. The zero-order valence-electron chi connectivity index (χ0n) is 9.76. The van der Waals surface area contributed by atoms with E-state index in [1.165, 1.54) is 5.56 Å². The van der Waals surface area contributed by atoms with E-state index in [2.05, 4.69) is 27.8 Å². The molecule has 18 heavy (non-hydrogen) atoms. The third kappa shape index (κ3) is 1.69. The summed E-state index contributed by atoms with van der Waals surface area (Å²) in [5.74, 6) is 1.03. The molecule has 0 spiro atoms. The second kappa shape index (κ2) is 4.14. The Bertz CT molecular complexity index is 716. The highest BCUT2D eigenvalue weighted by Crippen LogP contribution is 2.31. The number of aromatic nitrogens is 2. The molecule has 1 N–H and O–H groups in total. The van der Waals surface area contributed by atoms with Crippen LogP contribution in [0.4, 0.5) is 0 Å². The summed E-state index contributed by atoms with van der Waals surface area (Å²) in [4.78, 5) is 4.47. The number of fused-ring (bicyclic) bond motifs is 1. The number of aryl methyl sites for hydroxylation is 1. The van der Waals surface area contributed by atoms with Crippen LogP contribution in [-0.2, 0) is 0 Å². The molecule has 3 aromatic rings. The molecule has 0 aliphatic rings. The normalized spacial score (nSPS) is 11.0. The van der Waals surface area contributed by atoms with Crippen molar-refractivity contribution in [3.63, 3.8) is 0 Å². The third-order valence-electron chi connectivity index (χ3n) is 2.91. The summed E-state index contributed by atoms with van der Waals surface area (Å²) in [7, 11) is 0. The Labute approximate surface area is 113 Å². The summed E-state index contributed by atoms with van der Waals surface area (Å²) in [6, 6.07) is 11.6. The first kappa shape index (κ1) is 11.3. The van der Waals surface area contributed by atoms with Crippen molar-refractivity contribution in [3.05, 3.63) is 52.8 Å². The van der Waals surface area contributed by atoms with Crippen molar-refractivity contribution >= 4 is 21.4 Å². The molecule has 0 unspecified atom stereocenters. The van der Waals surface area contributed by atoms with E-state index in [4.69, 9.17) is 0 Å². The first-order valence-electron chi connectivity index (χ1n) is 5.59. The van der Waals surface area contributed by atoms with E-state index in [0.29, 0.717) is 10.1 Å². The predicted molar refractivity (Wildman–Crippen MR) is 74.7 cm³/mol. The lowest BCUT2D eigenvalue weighted by molar-refractivity contribution is 0.479. The van der Waals surface area contributed by atoms with E-state index in [9.17, 15) is 5.11 Å². The molecule has 90 valence electrons. The number of imidazole rings is 1. The molecule has 1 aromatic carbocycles. The van der Waals surface area contributed by atoms with Gasteiger partial charge in [0.2, 0.25) is 0 Å². The largest absolute Gasteiger partial charge is 0.506 e. The van der Waals surface area contributed by atoms with Gasteiger partial charge in [-0.25, -0.2) is 4.98 Å². The van der Waals surface area contributed by atoms with Gasteiger partial charge in [0.05, 0.1) is 0 Å². The fourth-order valence-corrected chi connectivity index (χ4v) is 2.55. The average molecular weight is 303 g/mol. The summed E-state index contributed by atoms with van der Waals surface area (Å²) < 4.78 is 2.53. The molecule has 0 atom stereocenters. The monoisotopic (exact) mass is 302 g/mol. The molecule has 0 aliphatic heterocycles. The van der Waals surface area contributed by atoms with Crippen molar-refractivity contribution in [1.82, 2.24) is 9.38 Å². The number of aromatic hydroxyl groups is 1. The second-order valence-corrected chi connectivity index (χ2v) is 4.96. The van der Waals surface area contributed by atoms with Crippen LogP contribution in [0.5, 0.6) is 5.75 Å².